The molecule has 1 amide bonds. The van der Waals surface area contributed by atoms with E-state index >= 15 is 0 Å². The maximum atomic E-state index is 13.4. The fourth-order valence-electron chi connectivity index (χ4n) is 5.09. The summed E-state index contributed by atoms with van der Waals surface area (Å²) in [6, 6.07) is 12.4. The van der Waals surface area contributed by atoms with Crippen LogP contribution in [0.5, 0.6) is 17.2 Å². The minimum atomic E-state index is -0.653. The van der Waals surface area contributed by atoms with Crippen molar-refractivity contribution in [3.05, 3.63) is 53.7 Å². The van der Waals surface area contributed by atoms with Gasteiger partial charge >= 0.3 is 0 Å². The van der Waals surface area contributed by atoms with E-state index in [1.807, 2.05) is 12.1 Å². The van der Waals surface area contributed by atoms with Gasteiger partial charge in [0.15, 0.2) is 5.78 Å². The predicted molar refractivity (Wildman–Crippen MR) is 131 cm³/mol. The van der Waals surface area contributed by atoms with E-state index in [9.17, 15) is 9.59 Å². The Morgan fingerprint density at radius 1 is 1.08 bits per heavy atom. The van der Waals surface area contributed by atoms with Crippen molar-refractivity contribution < 1.29 is 23.8 Å². The Labute approximate surface area is 211 Å². The Kier molecular flexibility index (Phi) is 5.47. The maximum absolute atomic E-state index is 13.4. The molecule has 11 heteroatoms. The summed E-state index contributed by atoms with van der Waals surface area (Å²) in [5.41, 5.74) is 1.35. The molecular weight excluding hydrogens is 476 g/mol. The number of nitrogens with zero attached hydrogens (tertiary/aromatic N) is 6. The third-order valence-electron chi connectivity index (χ3n) is 7.05. The summed E-state index contributed by atoms with van der Waals surface area (Å²) in [4.78, 5) is 32.9. The summed E-state index contributed by atoms with van der Waals surface area (Å²) in [7, 11) is 3.13. The molecule has 2 aromatic heterocycles. The van der Waals surface area contributed by atoms with Crippen LogP contribution in [-0.2, 0) is 0 Å². The van der Waals surface area contributed by atoms with Crippen molar-refractivity contribution in [2.24, 2.45) is 0 Å². The second-order valence-electron chi connectivity index (χ2n) is 9.16. The Bertz CT molecular complexity index is 1510. The van der Waals surface area contributed by atoms with Crippen molar-refractivity contribution in [1.82, 2.24) is 30.5 Å². The molecule has 2 aliphatic heterocycles. The van der Waals surface area contributed by atoms with Gasteiger partial charge in [-0.1, -0.05) is 12.1 Å². The second kappa shape index (κ2) is 8.84. The number of aromatic nitrogens is 5. The first kappa shape index (κ1) is 22.9. The lowest BCUT2D eigenvalue weighted by molar-refractivity contribution is -0.00583. The van der Waals surface area contributed by atoms with Gasteiger partial charge in [0.25, 0.3) is 5.91 Å². The first-order valence-electron chi connectivity index (χ1n) is 11.9. The molecule has 37 heavy (non-hydrogen) atoms. The molecule has 0 unspecified atom stereocenters. The van der Waals surface area contributed by atoms with E-state index in [0.717, 1.165) is 5.39 Å². The average molecular weight is 500 g/mol. The van der Waals surface area contributed by atoms with Gasteiger partial charge in [-0.2, -0.15) is 5.21 Å². The van der Waals surface area contributed by atoms with Crippen LogP contribution in [0.15, 0.2) is 42.5 Å². The molecule has 4 heterocycles. The molecule has 11 nitrogen and oxygen atoms in total. The molecule has 2 aliphatic rings. The number of ketones is 1. The molecule has 1 saturated heterocycles. The molecule has 1 spiro atoms. The molecule has 0 atom stereocenters. The molecule has 2 aromatic carbocycles. The molecule has 0 aliphatic carbocycles. The Morgan fingerprint density at radius 3 is 2.62 bits per heavy atom. The van der Waals surface area contributed by atoms with Gasteiger partial charge in [-0.3, -0.25) is 19.9 Å². The summed E-state index contributed by atoms with van der Waals surface area (Å²) in [6.45, 7) is 0.873. The number of likely N-dealkylation sites (tertiary alicyclic amines) is 1. The quantitative estimate of drug-likeness (QED) is 0.413. The van der Waals surface area contributed by atoms with Crippen LogP contribution in [0.1, 0.15) is 40.1 Å². The van der Waals surface area contributed by atoms with E-state index in [0.29, 0.717) is 65.6 Å². The number of pyridine rings is 1. The maximum Gasteiger partial charge on any atom is 0.272 e. The van der Waals surface area contributed by atoms with Crippen LogP contribution < -0.4 is 19.3 Å². The lowest BCUT2D eigenvalue weighted by Gasteiger charge is -2.44. The summed E-state index contributed by atoms with van der Waals surface area (Å²) in [5.74, 6) is 1.79. The summed E-state index contributed by atoms with van der Waals surface area (Å²) < 4.78 is 17.4. The molecule has 6 rings (SSSR count). The Balaban J connectivity index is 1.21. The number of hydrogen-bond acceptors (Lipinski definition) is 9. The van der Waals surface area contributed by atoms with Gasteiger partial charge in [0.05, 0.1) is 26.2 Å². The van der Waals surface area contributed by atoms with E-state index in [-0.39, 0.29) is 23.8 Å². The smallest absolute Gasteiger partial charge is 0.272 e. The second-order valence-corrected chi connectivity index (χ2v) is 9.16. The van der Waals surface area contributed by atoms with Gasteiger partial charge in [-0.25, -0.2) is 4.98 Å². The Morgan fingerprint density at radius 2 is 1.89 bits per heavy atom. The first-order valence-corrected chi connectivity index (χ1v) is 11.9. The molecular formula is C26H23N6O5-. The average Bonchev–Trinajstić information content (AvgIpc) is 3.47. The number of methoxy groups -OCH3 is 2. The number of carbonyl (C=O) groups is 2. The number of amides is 1. The van der Waals surface area contributed by atoms with E-state index in [4.69, 9.17) is 14.2 Å². The van der Waals surface area contributed by atoms with E-state index in [1.165, 1.54) is 0 Å². The van der Waals surface area contributed by atoms with Crippen molar-refractivity contribution in [1.29, 1.82) is 0 Å². The third-order valence-corrected chi connectivity index (χ3v) is 7.05. The molecule has 0 radical (unpaired) electrons. The van der Waals surface area contributed by atoms with E-state index in [1.54, 1.807) is 49.5 Å². The Hall–Kier alpha value is -4.54. The molecule has 1 fully saturated rings. The predicted octanol–water partition coefficient (Wildman–Crippen LogP) is 2.70. The van der Waals surface area contributed by atoms with Crippen LogP contribution in [0.4, 0.5) is 0 Å². The number of benzene rings is 2. The van der Waals surface area contributed by atoms with Crippen LogP contribution in [0.3, 0.4) is 0 Å². The highest BCUT2D eigenvalue weighted by Gasteiger charge is 2.44. The summed E-state index contributed by atoms with van der Waals surface area (Å²) in [6.07, 6.45) is 1.29. The van der Waals surface area contributed by atoms with Gasteiger partial charge in [0, 0.05) is 43.2 Å². The lowest BCUT2D eigenvalue weighted by atomic mass is 9.82. The minimum absolute atomic E-state index is 0.0108. The largest absolute Gasteiger partial charge is 0.496 e. The third kappa shape index (κ3) is 3.92. The van der Waals surface area contributed by atoms with Gasteiger partial charge in [0.1, 0.15) is 34.1 Å². The van der Waals surface area contributed by atoms with Crippen LogP contribution in [-0.4, -0.2) is 70.0 Å². The molecule has 188 valence electrons. The number of carbonyl (C=O) groups excluding carboxylic acids is 2. The van der Waals surface area contributed by atoms with Crippen molar-refractivity contribution in [2.45, 2.75) is 24.9 Å². The number of Topliss-reactive ketones (excluding diaryl/α,β-unsaturated/α-hetero) is 1. The fraction of sp³-hybridized carbons (Fsp3) is 0.308. The van der Waals surface area contributed by atoms with Crippen molar-refractivity contribution in [3.63, 3.8) is 0 Å². The topological polar surface area (TPSA) is 131 Å². The number of para-hydroxylation sites is 1. The molecule has 0 N–H and O–H groups in total. The van der Waals surface area contributed by atoms with Gasteiger partial charge in [0.2, 0.25) is 0 Å². The highest BCUT2D eigenvalue weighted by Crippen LogP contribution is 2.41. The van der Waals surface area contributed by atoms with Crippen molar-refractivity contribution in [3.8, 4) is 28.6 Å². The zero-order chi connectivity index (χ0) is 25.6. The van der Waals surface area contributed by atoms with Crippen molar-refractivity contribution >= 4 is 22.6 Å². The number of fused-ring (bicyclic) bond motifs is 2. The SMILES string of the molecule is COc1cc(C(=O)N2CCC3(CC2)CC(=O)c2cc(-c4nnn[n-]4)ccc2O3)nc2c(OC)cccc12. The van der Waals surface area contributed by atoms with E-state index in [2.05, 4.69) is 25.6 Å². The summed E-state index contributed by atoms with van der Waals surface area (Å²) in [5, 5.41) is 15.5. The zero-order valence-electron chi connectivity index (χ0n) is 20.3. The van der Waals surface area contributed by atoms with Crippen LogP contribution in [0.25, 0.3) is 22.3 Å². The molecule has 0 saturated carbocycles. The summed E-state index contributed by atoms with van der Waals surface area (Å²) >= 11 is 0. The minimum Gasteiger partial charge on any atom is -0.496 e. The number of rotatable bonds is 4. The molecule has 0 bridgehead atoms. The van der Waals surface area contributed by atoms with Crippen LogP contribution >= 0.6 is 0 Å². The zero-order valence-corrected chi connectivity index (χ0v) is 20.3. The molecule has 4 aromatic rings. The standard InChI is InChI=1S/C26H23N6O5/c1-35-21-5-3-4-16-22(36-2)13-18(27-23(16)21)25(34)32-10-8-26(9-11-32)14-19(33)17-12-15(6-7-20(17)37-26)24-28-30-31-29-24/h3-7,12-13H,8-11,14H2,1-2H3/q-1. The fourth-order valence-corrected chi connectivity index (χ4v) is 5.09. The number of tetrazole rings is 1. The lowest BCUT2D eigenvalue weighted by Crippen LogP contribution is -2.52. The normalized spacial score (nSPS) is 16.4. The van der Waals surface area contributed by atoms with Gasteiger partial charge in [-0.15, -0.1) is 0 Å². The van der Waals surface area contributed by atoms with Gasteiger partial charge in [-0.05, 0) is 29.8 Å². The van der Waals surface area contributed by atoms with Crippen LogP contribution in [0, 0.1) is 0 Å². The number of ether oxygens (including phenoxy) is 3. The van der Waals surface area contributed by atoms with E-state index < -0.39 is 5.60 Å². The van der Waals surface area contributed by atoms with Crippen LogP contribution in [0.2, 0.25) is 0 Å². The monoisotopic (exact) mass is 499 g/mol. The highest BCUT2D eigenvalue weighted by atomic mass is 16.5. The van der Waals surface area contributed by atoms with Gasteiger partial charge < -0.3 is 24.2 Å². The number of piperidine rings is 1. The number of hydrogen-bond donors (Lipinski definition) is 0. The first-order chi connectivity index (χ1) is 18.0. The van der Waals surface area contributed by atoms with Crippen molar-refractivity contribution in [2.75, 3.05) is 27.3 Å². The highest BCUT2D eigenvalue weighted by molar-refractivity contribution is 6.01.